The number of carbonyl (C=O) groups excluding carboxylic acids is 2. The molecule has 5 N–H and O–H groups in total. The van der Waals surface area contributed by atoms with Gasteiger partial charge in [0.15, 0.2) is 5.78 Å². The zero-order valence-electron chi connectivity index (χ0n) is 16.9. The molecule has 0 fully saturated rings. The van der Waals surface area contributed by atoms with E-state index in [1.807, 2.05) is 6.07 Å². The first kappa shape index (κ1) is 21.7. The van der Waals surface area contributed by atoms with E-state index in [0.29, 0.717) is 32.7 Å². The number of fused-ring (bicyclic) bond motifs is 1. The van der Waals surface area contributed by atoms with Gasteiger partial charge in [-0.15, -0.1) is 0 Å². The highest BCUT2D eigenvalue weighted by Crippen LogP contribution is 2.38. The number of Topliss-reactive ketones (excluding diaryl/α,β-unsaturated/α-hetero) is 1. The van der Waals surface area contributed by atoms with Crippen LogP contribution in [0.5, 0.6) is 0 Å². The van der Waals surface area contributed by atoms with Gasteiger partial charge in [0.05, 0.1) is 11.7 Å². The van der Waals surface area contributed by atoms with E-state index in [1.54, 1.807) is 49.7 Å². The summed E-state index contributed by atoms with van der Waals surface area (Å²) in [6, 6.07) is 11.8. The van der Waals surface area contributed by atoms with Crippen molar-refractivity contribution in [3.8, 4) is 0 Å². The van der Waals surface area contributed by atoms with Crippen molar-refractivity contribution in [3.05, 3.63) is 81.7 Å². The number of ketones is 1. The highest BCUT2D eigenvalue weighted by atomic mass is 79.9. The van der Waals surface area contributed by atoms with Gasteiger partial charge in [-0.05, 0) is 54.6 Å². The normalized spacial score (nSPS) is 15.0. The number of carbonyl (C=O) groups is 2. The van der Waals surface area contributed by atoms with E-state index in [9.17, 15) is 14.0 Å². The van der Waals surface area contributed by atoms with Gasteiger partial charge in [-0.2, -0.15) is 0 Å². The summed E-state index contributed by atoms with van der Waals surface area (Å²) in [6.45, 7) is 0. The lowest BCUT2D eigenvalue weighted by atomic mass is 9.84. The number of hydrogen-bond donors (Lipinski definition) is 4. The average molecular weight is 496 g/mol. The fraction of sp³-hybridized carbons (Fsp3) is 0.0870. The number of para-hydroxylation sites is 1. The highest BCUT2D eigenvalue weighted by Gasteiger charge is 2.31. The number of pyridine rings is 1. The maximum absolute atomic E-state index is 14.6. The Labute approximate surface area is 192 Å². The summed E-state index contributed by atoms with van der Waals surface area (Å²) < 4.78 is 15.0. The maximum atomic E-state index is 14.6. The van der Waals surface area contributed by atoms with Gasteiger partial charge in [-0.25, -0.2) is 14.2 Å². The van der Waals surface area contributed by atoms with Crippen molar-refractivity contribution in [2.75, 3.05) is 23.4 Å². The number of benzene rings is 2. The first-order valence-electron chi connectivity index (χ1n) is 9.68. The van der Waals surface area contributed by atoms with E-state index in [2.05, 4.69) is 36.9 Å². The van der Waals surface area contributed by atoms with E-state index >= 15 is 0 Å². The Morgan fingerprint density at radius 2 is 1.91 bits per heavy atom. The number of urea groups is 1. The van der Waals surface area contributed by atoms with Gasteiger partial charge in [-0.3, -0.25) is 4.79 Å². The molecule has 162 valence electrons. The number of nitrogen functional groups attached to an aromatic ring is 1. The summed E-state index contributed by atoms with van der Waals surface area (Å²) in [7, 11) is 1.67. The van der Waals surface area contributed by atoms with Crippen LogP contribution in [0, 0.1) is 5.82 Å². The molecule has 32 heavy (non-hydrogen) atoms. The van der Waals surface area contributed by atoms with Crippen molar-refractivity contribution in [1.82, 2.24) is 10.3 Å². The smallest absolute Gasteiger partial charge is 0.323 e. The maximum Gasteiger partial charge on any atom is 0.323 e. The number of hydrogen-bond acceptors (Lipinski definition) is 5. The number of nitrogens with two attached hydrogens (primary N) is 1. The third kappa shape index (κ3) is 4.25. The third-order valence-corrected chi connectivity index (χ3v) is 5.70. The predicted octanol–water partition coefficient (Wildman–Crippen LogP) is 4.59. The van der Waals surface area contributed by atoms with Crippen molar-refractivity contribution in [3.63, 3.8) is 0 Å². The quantitative estimate of drug-likeness (QED) is 0.423. The van der Waals surface area contributed by atoms with Crippen LogP contribution in [0.25, 0.3) is 11.6 Å². The van der Waals surface area contributed by atoms with Gasteiger partial charge < -0.3 is 21.7 Å². The Hall–Kier alpha value is -3.56. The van der Waals surface area contributed by atoms with E-state index in [0.717, 1.165) is 5.56 Å². The van der Waals surface area contributed by atoms with E-state index < -0.39 is 17.9 Å². The van der Waals surface area contributed by atoms with Gasteiger partial charge in [-0.1, -0.05) is 34.1 Å². The molecule has 0 radical (unpaired) electrons. The molecule has 1 aliphatic rings. The zero-order valence-corrected chi connectivity index (χ0v) is 18.5. The number of nitrogens with zero attached hydrogens (tertiary/aromatic N) is 1. The standard InChI is InChI=1S/C23H19BrFN5O2/c1-27-21-14-9-20(26)28-11-12(14)7-16(22(21)31)15-8-19(18(25)10-17(15)24)30-23(32)29-13-5-3-2-4-6-13/h2-11,21,27H,1H3,(H2,26,28)(H2,29,30,32). The lowest BCUT2D eigenvalue weighted by molar-refractivity contribution is -0.115. The van der Waals surface area contributed by atoms with Crippen LogP contribution in [0.15, 0.2) is 59.2 Å². The second-order valence-electron chi connectivity index (χ2n) is 7.14. The average Bonchev–Trinajstić information content (AvgIpc) is 2.76. The largest absolute Gasteiger partial charge is 0.384 e. The van der Waals surface area contributed by atoms with Crippen molar-refractivity contribution < 1.29 is 14.0 Å². The molecule has 1 aromatic heterocycles. The zero-order chi connectivity index (χ0) is 22.8. The molecule has 1 aliphatic carbocycles. The number of nitrogens with one attached hydrogen (secondary N) is 3. The van der Waals surface area contributed by atoms with E-state index in [-0.39, 0.29) is 11.5 Å². The van der Waals surface area contributed by atoms with Crippen molar-refractivity contribution in [2.24, 2.45) is 0 Å². The second kappa shape index (κ2) is 8.89. The predicted molar refractivity (Wildman–Crippen MR) is 127 cm³/mol. The fourth-order valence-corrected chi connectivity index (χ4v) is 4.08. The number of halogens is 2. The fourth-order valence-electron chi connectivity index (χ4n) is 3.55. The number of aromatic nitrogens is 1. The van der Waals surface area contributed by atoms with E-state index in [4.69, 9.17) is 5.73 Å². The van der Waals surface area contributed by atoms with Crippen LogP contribution in [-0.2, 0) is 4.79 Å². The van der Waals surface area contributed by atoms with Gasteiger partial charge in [0.2, 0.25) is 0 Å². The summed E-state index contributed by atoms with van der Waals surface area (Å²) in [4.78, 5) is 29.7. The number of amides is 2. The third-order valence-electron chi connectivity index (χ3n) is 5.04. The molecule has 9 heteroatoms. The van der Waals surface area contributed by atoms with Crippen LogP contribution >= 0.6 is 15.9 Å². The summed E-state index contributed by atoms with van der Waals surface area (Å²) in [5, 5.41) is 8.14. The van der Waals surface area contributed by atoms with Gasteiger partial charge in [0, 0.05) is 27.5 Å². The Kier molecular flexibility index (Phi) is 6.02. The molecule has 0 bridgehead atoms. The molecule has 0 saturated carbocycles. The minimum absolute atomic E-state index is 0.0624. The molecule has 1 atom stereocenters. The Balaban J connectivity index is 1.70. The minimum atomic E-state index is -0.646. The first-order chi connectivity index (χ1) is 15.4. The van der Waals surface area contributed by atoms with Crippen LogP contribution < -0.4 is 21.7 Å². The van der Waals surface area contributed by atoms with Gasteiger partial charge in [0.1, 0.15) is 11.6 Å². The van der Waals surface area contributed by atoms with Crippen molar-refractivity contribution in [2.45, 2.75) is 6.04 Å². The molecule has 1 unspecified atom stereocenters. The molecule has 0 saturated heterocycles. The topological polar surface area (TPSA) is 109 Å². The van der Waals surface area contributed by atoms with Crippen molar-refractivity contribution >= 4 is 56.6 Å². The molecule has 0 spiro atoms. The number of likely N-dealkylation sites (N-methyl/N-ethyl adjacent to an activating group) is 1. The Morgan fingerprint density at radius 1 is 1.16 bits per heavy atom. The van der Waals surface area contributed by atoms with Crippen LogP contribution in [0.1, 0.15) is 22.7 Å². The second-order valence-corrected chi connectivity index (χ2v) is 7.99. The van der Waals surface area contributed by atoms with Crippen LogP contribution in [-0.4, -0.2) is 23.8 Å². The lowest BCUT2D eigenvalue weighted by Gasteiger charge is -2.25. The summed E-state index contributed by atoms with van der Waals surface area (Å²) in [5.74, 6) is -0.544. The minimum Gasteiger partial charge on any atom is -0.384 e. The highest BCUT2D eigenvalue weighted by molar-refractivity contribution is 9.10. The Morgan fingerprint density at radius 3 is 2.62 bits per heavy atom. The molecular weight excluding hydrogens is 477 g/mol. The molecule has 0 aliphatic heterocycles. The molecule has 2 aromatic carbocycles. The molecule has 4 rings (SSSR count). The van der Waals surface area contributed by atoms with Crippen LogP contribution in [0.3, 0.4) is 0 Å². The first-order valence-corrected chi connectivity index (χ1v) is 10.5. The molecule has 3 aromatic rings. The van der Waals surface area contributed by atoms with Gasteiger partial charge in [0.25, 0.3) is 0 Å². The van der Waals surface area contributed by atoms with Gasteiger partial charge >= 0.3 is 6.03 Å². The Bertz CT molecular complexity index is 1250. The monoisotopic (exact) mass is 495 g/mol. The number of anilines is 3. The number of rotatable bonds is 4. The summed E-state index contributed by atoms with van der Waals surface area (Å²) in [6.07, 6.45) is 3.27. The molecular formula is C23H19BrFN5O2. The van der Waals surface area contributed by atoms with Crippen LogP contribution in [0.4, 0.5) is 26.4 Å². The molecule has 7 nitrogen and oxygen atoms in total. The van der Waals surface area contributed by atoms with E-state index in [1.165, 1.54) is 12.1 Å². The lowest BCUT2D eigenvalue weighted by Crippen LogP contribution is -2.29. The van der Waals surface area contributed by atoms with Crippen molar-refractivity contribution in [1.29, 1.82) is 0 Å². The summed E-state index contributed by atoms with van der Waals surface area (Å²) in [5.41, 5.74) is 8.51. The molecule has 2 amide bonds. The molecule has 1 heterocycles. The van der Waals surface area contributed by atoms with Crippen LogP contribution in [0.2, 0.25) is 0 Å². The summed E-state index contributed by atoms with van der Waals surface area (Å²) >= 11 is 3.34. The SMILES string of the molecule is CNC1C(=O)C(c2cc(NC(=O)Nc3ccccc3)c(F)cc2Br)=Cc2cnc(N)cc21.